The summed E-state index contributed by atoms with van der Waals surface area (Å²) in [7, 11) is 0. The molecule has 20 heavy (non-hydrogen) atoms. The van der Waals surface area contributed by atoms with Crippen LogP contribution in [-0.4, -0.2) is 20.4 Å². The smallest absolute Gasteiger partial charge is 0.254 e. The molecular weight excluding hydrogens is 254 g/mol. The predicted molar refractivity (Wildman–Crippen MR) is 75.9 cm³/mol. The van der Waals surface area contributed by atoms with Gasteiger partial charge in [0.15, 0.2) is 0 Å². The van der Waals surface area contributed by atoms with Gasteiger partial charge >= 0.3 is 0 Å². The Labute approximate surface area is 114 Å². The second-order valence-corrected chi connectivity index (χ2v) is 4.69. The number of hydrogen-bond acceptors (Lipinski definition) is 3. The van der Waals surface area contributed by atoms with Crippen molar-refractivity contribution in [2.75, 3.05) is 0 Å². The summed E-state index contributed by atoms with van der Waals surface area (Å²) < 4.78 is 1.52. The van der Waals surface area contributed by atoms with Gasteiger partial charge in [0.1, 0.15) is 5.82 Å². The minimum atomic E-state index is -0.262. The van der Waals surface area contributed by atoms with Crippen LogP contribution in [0.2, 0.25) is 0 Å². The summed E-state index contributed by atoms with van der Waals surface area (Å²) in [6, 6.07) is 7.73. The zero-order valence-corrected chi connectivity index (χ0v) is 11.0. The molecule has 1 N–H and O–H groups in total. The van der Waals surface area contributed by atoms with Gasteiger partial charge in [-0.3, -0.25) is 14.2 Å². The molecule has 2 heterocycles. The fraction of sp³-hybridized carbons (Fsp3) is 0.133. The number of carbonyl (C=O) groups is 1. The van der Waals surface area contributed by atoms with Crippen LogP contribution in [-0.2, 0) is 6.42 Å². The third kappa shape index (κ3) is 2.25. The van der Waals surface area contributed by atoms with Crippen molar-refractivity contribution in [2.45, 2.75) is 13.3 Å². The molecule has 0 amide bonds. The highest BCUT2D eigenvalue weighted by Gasteiger charge is 2.10. The Kier molecular flexibility index (Phi) is 2.95. The molecule has 0 saturated carbocycles. The zero-order valence-electron chi connectivity index (χ0n) is 11.0. The van der Waals surface area contributed by atoms with E-state index in [2.05, 4.69) is 9.97 Å². The maximum atomic E-state index is 12.2. The average Bonchev–Trinajstić information content (AvgIpc) is 2.86. The zero-order chi connectivity index (χ0) is 14.1. The molecule has 2 aromatic heterocycles. The van der Waals surface area contributed by atoms with E-state index < -0.39 is 0 Å². The van der Waals surface area contributed by atoms with Crippen molar-refractivity contribution < 1.29 is 4.79 Å². The first kappa shape index (κ1) is 12.3. The molecule has 0 fully saturated rings. The third-order valence-electron chi connectivity index (χ3n) is 3.18. The first-order valence-corrected chi connectivity index (χ1v) is 6.28. The SMILES string of the molecule is Cc1ncc(CC(=O)n2cc3ccccc3c2)c(=O)[nH]1. The number of aromatic amines is 1. The van der Waals surface area contributed by atoms with Gasteiger partial charge in [-0.15, -0.1) is 0 Å². The van der Waals surface area contributed by atoms with Gasteiger partial charge in [0.05, 0.1) is 6.42 Å². The van der Waals surface area contributed by atoms with E-state index in [0.29, 0.717) is 11.4 Å². The molecule has 0 radical (unpaired) electrons. The molecule has 3 aromatic rings. The number of nitrogens with zero attached hydrogens (tertiary/aromatic N) is 2. The van der Waals surface area contributed by atoms with Crippen molar-refractivity contribution in [1.29, 1.82) is 0 Å². The van der Waals surface area contributed by atoms with Crippen molar-refractivity contribution in [3.8, 4) is 0 Å². The molecule has 100 valence electrons. The van der Waals surface area contributed by atoms with Crippen LogP contribution in [0.15, 0.2) is 47.7 Å². The summed E-state index contributed by atoms with van der Waals surface area (Å²) in [4.78, 5) is 30.5. The third-order valence-corrected chi connectivity index (χ3v) is 3.18. The number of H-pyrrole nitrogens is 1. The number of aromatic nitrogens is 3. The maximum absolute atomic E-state index is 12.2. The maximum Gasteiger partial charge on any atom is 0.254 e. The molecule has 0 aliphatic heterocycles. The quantitative estimate of drug-likeness (QED) is 0.771. The van der Waals surface area contributed by atoms with E-state index in [1.165, 1.54) is 10.8 Å². The Morgan fingerprint density at radius 2 is 1.90 bits per heavy atom. The lowest BCUT2D eigenvalue weighted by molar-refractivity contribution is 0.0914. The lowest BCUT2D eigenvalue weighted by atomic mass is 10.2. The van der Waals surface area contributed by atoms with Gasteiger partial charge in [-0.1, -0.05) is 24.3 Å². The lowest BCUT2D eigenvalue weighted by Crippen LogP contribution is -2.20. The van der Waals surface area contributed by atoms with Gasteiger partial charge in [0, 0.05) is 24.2 Å². The molecule has 0 saturated heterocycles. The fourth-order valence-corrected chi connectivity index (χ4v) is 2.12. The summed E-state index contributed by atoms with van der Waals surface area (Å²) in [5, 5.41) is 1.99. The number of benzene rings is 1. The second kappa shape index (κ2) is 4.77. The number of nitrogens with one attached hydrogen (secondary N) is 1. The summed E-state index contributed by atoms with van der Waals surface area (Å²) in [5.41, 5.74) is 0.112. The van der Waals surface area contributed by atoms with Crippen LogP contribution in [0.5, 0.6) is 0 Å². The van der Waals surface area contributed by atoms with Gasteiger partial charge in [-0.25, -0.2) is 4.98 Å². The van der Waals surface area contributed by atoms with Crippen molar-refractivity contribution in [2.24, 2.45) is 0 Å². The van der Waals surface area contributed by atoms with Crippen LogP contribution in [0, 0.1) is 6.92 Å². The molecule has 0 spiro atoms. The summed E-state index contributed by atoms with van der Waals surface area (Å²) in [6.07, 6.45) is 5.03. The molecule has 0 unspecified atom stereocenters. The van der Waals surface area contributed by atoms with E-state index in [4.69, 9.17) is 0 Å². The number of rotatable bonds is 2. The van der Waals surface area contributed by atoms with E-state index in [-0.39, 0.29) is 17.9 Å². The van der Waals surface area contributed by atoms with Gasteiger partial charge in [0.2, 0.25) is 5.91 Å². The molecule has 0 aliphatic rings. The highest BCUT2D eigenvalue weighted by molar-refractivity contribution is 5.90. The van der Waals surface area contributed by atoms with Gasteiger partial charge < -0.3 is 4.98 Å². The predicted octanol–water partition coefficient (Wildman–Crippen LogP) is 1.92. The van der Waals surface area contributed by atoms with E-state index in [1.54, 1.807) is 19.3 Å². The van der Waals surface area contributed by atoms with Crippen LogP contribution in [0.1, 0.15) is 16.2 Å². The van der Waals surface area contributed by atoms with E-state index in [0.717, 1.165) is 10.8 Å². The molecule has 0 atom stereocenters. The van der Waals surface area contributed by atoms with Crippen molar-refractivity contribution in [1.82, 2.24) is 14.5 Å². The Hall–Kier alpha value is -2.69. The Morgan fingerprint density at radius 1 is 1.25 bits per heavy atom. The normalized spacial score (nSPS) is 10.8. The first-order chi connectivity index (χ1) is 9.63. The Bertz CT molecular complexity index is 812. The topological polar surface area (TPSA) is 67.8 Å². The lowest BCUT2D eigenvalue weighted by Gasteiger charge is -2.01. The average molecular weight is 267 g/mol. The highest BCUT2D eigenvalue weighted by Crippen LogP contribution is 2.14. The first-order valence-electron chi connectivity index (χ1n) is 6.28. The van der Waals surface area contributed by atoms with Gasteiger partial charge in [-0.2, -0.15) is 0 Å². The molecule has 1 aromatic carbocycles. The van der Waals surface area contributed by atoms with Crippen LogP contribution < -0.4 is 5.56 Å². The van der Waals surface area contributed by atoms with E-state index >= 15 is 0 Å². The van der Waals surface area contributed by atoms with Crippen molar-refractivity contribution in [3.05, 3.63) is 64.6 Å². The van der Waals surface area contributed by atoms with Crippen LogP contribution in [0.4, 0.5) is 0 Å². The number of fused-ring (bicyclic) bond motifs is 1. The molecular formula is C15H13N3O2. The minimum Gasteiger partial charge on any atom is -0.311 e. The Balaban J connectivity index is 1.90. The molecule has 0 aliphatic carbocycles. The van der Waals surface area contributed by atoms with E-state index in [9.17, 15) is 9.59 Å². The van der Waals surface area contributed by atoms with Gasteiger partial charge in [0.25, 0.3) is 5.56 Å². The number of aryl methyl sites for hydroxylation is 1. The summed E-state index contributed by atoms with van der Waals surface area (Å²) >= 11 is 0. The molecule has 0 bridgehead atoms. The number of hydrogen-bond donors (Lipinski definition) is 1. The van der Waals surface area contributed by atoms with Gasteiger partial charge in [-0.05, 0) is 17.7 Å². The highest BCUT2D eigenvalue weighted by atomic mass is 16.2. The Morgan fingerprint density at radius 3 is 2.50 bits per heavy atom. The monoisotopic (exact) mass is 267 g/mol. The second-order valence-electron chi connectivity index (χ2n) is 4.69. The van der Waals surface area contributed by atoms with Crippen LogP contribution in [0.25, 0.3) is 10.8 Å². The largest absolute Gasteiger partial charge is 0.311 e. The standard InChI is InChI=1S/C15H13N3O2/c1-10-16-7-13(15(20)17-10)6-14(19)18-8-11-4-2-3-5-12(11)9-18/h2-5,7-9H,6H2,1H3,(H,16,17,20). The number of carbonyl (C=O) groups excluding carboxylic acids is 1. The fourth-order valence-electron chi connectivity index (χ4n) is 2.12. The molecule has 5 nitrogen and oxygen atoms in total. The summed E-state index contributed by atoms with van der Waals surface area (Å²) in [5.74, 6) is 0.384. The molecule has 5 heteroatoms. The van der Waals surface area contributed by atoms with Crippen molar-refractivity contribution in [3.63, 3.8) is 0 Å². The van der Waals surface area contributed by atoms with E-state index in [1.807, 2.05) is 24.3 Å². The molecule has 3 rings (SSSR count). The van der Waals surface area contributed by atoms with Crippen LogP contribution >= 0.6 is 0 Å². The summed E-state index contributed by atoms with van der Waals surface area (Å²) in [6.45, 7) is 1.70. The van der Waals surface area contributed by atoms with Crippen LogP contribution in [0.3, 0.4) is 0 Å². The van der Waals surface area contributed by atoms with Crippen molar-refractivity contribution >= 4 is 16.7 Å². The minimum absolute atomic E-state index is 0.0314.